The van der Waals surface area contributed by atoms with Crippen molar-refractivity contribution < 1.29 is 19.1 Å². The lowest BCUT2D eigenvalue weighted by Crippen LogP contribution is -2.50. The van der Waals surface area contributed by atoms with E-state index in [1.54, 1.807) is 37.1 Å². The number of aryl methyl sites for hydroxylation is 2. The van der Waals surface area contributed by atoms with E-state index in [1.807, 2.05) is 77.1 Å². The zero-order valence-electron chi connectivity index (χ0n) is 23.5. The van der Waals surface area contributed by atoms with Gasteiger partial charge in [-0.05, 0) is 87.7 Å². The van der Waals surface area contributed by atoms with Gasteiger partial charge in [-0.15, -0.1) is 5.10 Å². The average molecular weight is 530 g/mol. The average Bonchev–Trinajstić information content (AvgIpc) is 3.27. The summed E-state index contributed by atoms with van der Waals surface area (Å²) in [5.74, 6) is 0.348. The van der Waals surface area contributed by atoms with E-state index < -0.39 is 11.6 Å². The van der Waals surface area contributed by atoms with Gasteiger partial charge in [0, 0.05) is 17.3 Å². The minimum atomic E-state index is -1.03. The number of carbonyl (C=O) groups is 2. The van der Waals surface area contributed by atoms with Crippen molar-refractivity contribution in [3.63, 3.8) is 0 Å². The number of ether oxygens (including phenoxy) is 2. The molecule has 39 heavy (non-hydrogen) atoms. The smallest absolute Gasteiger partial charge is 0.249 e. The van der Waals surface area contributed by atoms with E-state index in [0.717, 1.165) is 16.6 Å². The molecule has 2 amide bonds. The molecule has 1 heterocycles. The molecule has 1 atom stereocenters. The molecule has 4 rings (SSSR count). The monoisotopic (exact) mass is 529 g/mol. The molecule has 1 N–H and O–H groups in total. The standard InChI is InChI=1S/C30H35N5O4/c1-19-12-20(2)14-22(13-19)35(27(36)18-34-26-11-9-8-10-25(26)32-33-34)28(29(37)31-30(3,4)5)21-15-23(38-6)17-24(16-21)39-7/h8-17,28H,18H2,1-7H3,(H,31,37). The molecule has 9 nitrogen and oxygen atoms in total. The van der Waals surface area contributed by atoms with Crippen LogP contribution in [-0.2, 0) is 16.1 Å². The minimum absolute atomic E-state index is 0.117. The molecule has 4 aromatic rings. The van der Waals surface area contributed by atoms with E-state index in [2.05, 4.69) is 15.6 Å². The SMILES string of the molecule is COc1cc(OC)cc(C(C(=O)NC(C)(C)C)N(C(=O)Cn2nnc3ccccc32)c2cc(C)cc(C)c2)c1. The van der Waals surface area contributed by atoms with Gasteiger partial charge in [-0.25, -0.2) is 4.68 Å². The Morgan fingerprint density at radius 3 is 2.15 bits per heavy atom. The highest BCUT2D eigenvalue weighted by molar-refractivity contribution is 6.02. The largest absolute Gasteiger partial charge is 0.497 e. The molecular formula is C30H35N5O4. The maximum Gasteiger partial charge on any atom is 0.249 e. The molecule has 0 saturated carbocycles. The fourth-order valence-corrected chi connectivity index (χ4v) is 4.61. The lowest BCUT2D eigenvalue weighted by molar-refractivity contribution is -0.128. The molecule has 9 heteroatoms. The van der Waals surface area contributed by atoms with Crippen LogP contribution in [0.4, 0.5) is 5.69 Å². The van der Waals surface area contributed by atoms with Gasteiger partial charge >= 0.3 is 0 Å². The molecular weight excluding hydrogens is 494 g/mol. The number of fused-ring (bicyclic) bond motifs is 1. The third-order valence-electron chi connectivity index (χ3n) is 6.15. The summed E-state index contributed by atoms with van der Waals surface area (Å²) >= 11 is 0. The second kappa shape index (κ2) is 11.1. The molecule has 0 fully saturated rings. The highest BCUT2D eigenvalue weighted by Crippen LogP contribution is 2.34. The number of benzene rings is 3. The maximum atomic E-state index is 14.3. The van der Waals surface area contributed by atoms with E-state index in [4.69, 9.17) is 9.47 Å². The number of rotatable bonds is 8. The highest BCUT2D eigenvalue weighted by atomic mass is 16.5. The van der Waals surface area contributed by atoms with Crippen LogP contribution in [0.2, 0.25) is 0 Å². The van der Waals surface area contributed by atoms with Crippen molar-refractivity contribution in [3.05, 3.63) is 77.4 Å². The third-order valence-corrected chi connectivity index (χ3v) is 6.15. The van der Waals surface area contributed by atoms with Crippen LogP contribution in [0.3, 0.4) is 0 Å². The van der Waals surface area contributed by atoms with Gasteiger partial charge in [0.1, 0.15) is 29.6 Å². The molecule has 0 aliphatic heterocycles. The van der Waals surface area contributed by atoms with E-state index in [1.165, 1.54) is 4.90 Å². The Labute approximate surface area is 228 Å². The molecule has 0 spiro atoms. The zero-order chi connectivity index (χ0) is 28.3. The second-order valence-electron chi connectivity index (χ2n) is 10.6. The quantitative estimate of drug-likeness (QED) is 0.354. The van der Waals surface area contributed by atoms with Crippen LogP contribution in [0, 0.1) is 13.8 Å². The first-order valence-corrected chi connectivity index (χ1v) is 12.7. The van der Waals surface area contributed by atoms with Gasteiger partial charge in [-0.3, -0.25) is 14.5 Å². The summed E-state index contributed by atoms with van der Waals surface area (Å²) in [6.45, 7) is 9.51. The van der Waals surface area contributed by atoms with Crippen LogP contribution < -0.4 is 19.7 Å². The van der Waals surface area contributed by atoms with Crippen LogP contribution in [0.15, 0.2) is 60.7 Å². The summed E-state index contributed by atoms with van der Waals surface area (Å²) < 4.78 is 12.6. The highest BCUT2D eigenvalue weighted by Gasteiger charge is 2.35. The number of hydrogen-bond acceptors (Lipinski definition) is 6. The van der Waals surface area contributed by atoms with Crippen molar-refractivity contribution in [2.75, 3.05) is 19.1 Å². The van der Waals surface area contributed by atoms with Gasteiger partial charge in [0.25, 0.3) is 0 Å². The summed E-state index contributed by atoms with van der Waals surface area (Å²) in [6, 6.07) is 17.5. The summed E-state index contributed by atoms with van der Waals surface area (Å²) in [5.41, 5.74) is 3.94. The van der Waals surface area contributed by atoms with E-state index in [-0.39, 0.29) is 18.4 Å². The van der Waals surface area contributed by atoms with Crippen molar-refractivity contribution in [2.45, 2.75) is 52.7 Å². The topological polar surface area (TPSA) is 98.6 Å². The van der Waals surface area contributed by atoms with Crippen LogP contribution in [-0.4, -0.2) is 46.6 Å². The number of nitrogens with one attached hydrogen (secondary N) is 1. The Morgan fingerprint density at radius 1 is 0.949 bits per heavy atom. The van der Waals surface area contributed by atoms with Gasteiger partial charge in [0.15, 0.2) is 0 Å². The van der Waals surface area contributed by atoms with Gasteiger partial charge in [-0.2, -0.15) is 0 Å². The Hall–Kier alpha value is -4.40. The molecule has 0 aliphatic rings. The fourth-order valence-electron chi connectivity index (χ4n) is 4.61. The lowest BCUT2D eigenvalue weighted by Gasteiger charge is -2.34. The summed E-state index contributed by atoms with van der Waals surface area (Å²) in [6.07, 6.45) is 0. The Bertz CT molecular complexity index is 1460. The third kappa shape index (κ3) is 6.37. The Balaban J connectivity index is 1.91. The van der Waals surface area contributed by atoms with Crippen LogP contribution in [0.25, 0.3) is 11.0 Å². The van der Waals surface area contributed by atoms with E-state index in [9.17, 15) is 9.59 Å². The van der Waals surface area contributed by atoms with Crippen molar-refractivity contribution in [3.8, 4) is 11.5 Å². The van der Waals surface area contributed by atoms with Crippen LogP contribution in [0.5, 0.6) is 11.5 Å². The number of aromatic nitrogens is 3. The van der Waals surface area contributed by atoms with Crippen LogP contribution in [0.1, 0.15) is 43.5 Å². The number of amides is 2. The number of carbonyl (C=O) groups excluding carboxylic acids is 2. The van der Waals surface area contributed by atoms with Crippen LogP contribution >= 0.6 is 0 Å². The molecule has 0 saturated heterocycles. The van der Waals surface area contributed by atoms with Gasteiger partial charge in [0.2, 0.25) is 11.8 Å². The minimum Gasteiger partial charge on any atom is -0.497 e. The van der Waals surface area contributed by atoms with Crippen molar-refractivity contribution in [1.82, 2.24) is 20.3 Å². The maximum absolute atomic E-state index is 14.3. The van der Waals surface area contributed by atoms with Crippen molar-refractivity contribution in [1.29, 1.82) is 0 Å². The van der Waals surface area contributed by atoms with Gasteiger partial charge < -0.3 is 14.8 Å². The summed E-state index contributed by atoms with van der Waals surface area (Å²) in [5, 5.41) is 11.5. The first kappa shape index (κ1) is 27.6. The first-order chi connectivity index (χ1) is 18.5. The van der Waals surface area contributed by atoms with E-state index >= 15 is 0 Å². The van der Waals surface area contributed by atoms with Gasteiger partial charge in [0.05, 0.1) is 19.7 Å². The van der Waals surface area contributed by atoms with Crippen molar-refractivity contribution in [2.24, 2.45) is 0 Å². The predicted octanol–water partition coefficient (Wildman–Crippen LogP) is 4.75. The first-order valence-electron chi connectivity index (χ1n) is 12.7. The number of nitrogens with zero attached hydrogens (tertiary/aromatic N) is 4. The van der Waals surface area contributed by atoms with Crippen molar-refractivity contribution >= 4 is 28.5 Å². The number of anilines is 1. The Kier molecular flexibility index (Phi) is 7.90. The summed E-state index contributed by atoms with van der Waals surface area (Å²) in [4.78, 5) is 29.8. The zero-order valence-corrected chi connectivity index (χ0v) is 23.5. The lowest BCUT2D eigenvalue weighted by atomic mass is 9.99. The van der Waals surface area contributed by atoms with E-state index in [0.29, 0.717) is 28.3 Å². The molecule has 0 radical (unpaired) electrons. The molecule has 1 unspecified atom stereocenters. The molecule has 204 valence electrons. The second-order valence-corrected chi connectivity index (χ2v) is 10.6. The Morgan fingerprint density at radius 2 is 1.56 bits per heavy atom. The predicted molar refractivity (Wildman–Crippen MR) is 151 cm³/mol. The number of hydrogen-bond donors (Lipinski definition) is 1. The fraction of sp³-hybridized carbons (Fsp3) is 0.333. The number of para-hydroxylation sites is 1. The normalized spacial score (nSPS) is 12.2. The number of methoxy groups -OCH3 is 2. The van der Waals surface area contributed by atoms with Gasteiger partial charge in [-0.1, -0.05) is 23.4 Å². The summed E-state index contributed by atoms with van der Waals surface area (Å²) in [7, 11) is 3.09. The molecule has 1 aromatic heterocycles. The molecule has 3 aromatic carbocycles. The molecule has 0 bridgehead atoms. The molecule has 0 aliphatic carbocycles.